The van der Waals surface area contributed by atoms with E-state index < -0.39 is 16.0 Å². The van der Waals surface area contributed by atoms with E-state index in [1.54, 1.807) is 0 Å². The average molecular weight is 383 g/mol. The van der Waals surface area contributed by atoms with Gasteiger partial charge in [0.25, 0.3) is 0 Å². The molecule has 1 unspecified atom stereocenters. The number of carbonyl (C=O) groups excluding carboxylic acids is 1. The molecule has 0 amide bonds. The van der Waals surface area contributed by atoms with Crippen molar-refractivity contribution in [2.75, 3.05) is 26.7 Å². The molecule has 0 aliphatic carbocycles. The highest BCUT2D eigenvalue weighted by molar-refractivity contribution is 7.89. The third kappa shape index (κ3) is 5.32. The van der Waals surface area contributed by atoms with E-state index in [9.17, 15) is 13.2 Å². The number of halogens is 2. The number of sulfonamides is 1. The van der Waals surface area contributed by atoms with Gasteiger partial charge in [0.1, 0.15) is 0 Å². The van der Waals surface area contributed by atoms with E-state index in [0.717, 1.165) is 25.9 Å². The second-order valence-corrected chi connectivity index (χ2v) is 7.35. The lowest BCUT2D eigenvalue weighted by atomic mass is 10.1. The quantitative estimate of drug-likeness (QED) is 0.733. The fourth-order valence-corrected chi connectivity index (χ4v) is 3.84. The highest BCUT2D eigenvalue weighted by Gasteiger charge is 2.24. The molecule has 9 heteroatoms. The van der Waals surface area contributed by atoms with Crippen LogP contribution in [0.2, 0.25) is 5.02 Å². The number of rotatable bonds is 6. The molecule has 1 aliphatic rings. The standard InChI is InChI=1S/C14H19ClN2O4S.ClH/c1-21-14(18)12-8-11(15)2-3-13(12)22(19,20)17-7-5-10-4-6-16-9-10;/h2-3,8,10,16-17H,4-7,9H2,1H3;1H. The van der Waals surface area contributed by atoms with Gasteiger partial charge in [-0.2, -0.15) is 0 Å². The molecule has 0 saturated carbocycles. The Balaban J connectivity index is 0.00000264. The molecule has 23 heavy (non-hydrogen) atoms. The molecule has 1 atom stereocenters. The number of hydrogen-bond acceptors (Lipinski definition) is 5. The molecule has 2 N–H and O–H groups in total. The molecule has 1 aromatic rings. The minimum absolute atomic E-state index is 0. The Bertz CT molecular complexity index is 646. The normalized spacial score (nSPS) is 17.6. The number of ether oxygens (including phenoxy) is 1. The maximum absolute atomic E-state index is 12.4. The van der Waals surface area contributed by atoms with Gasteiger partial charge in [-0.25, -0.2) is 17.9 Å². The topological polar surface area (TPSA) is 84.5 Å². The molecule has 0 bridgehead atoms. The van der Waals surface area contributed by atoms with Crippen LogP contribution >= 0.6 is 24.0 Å². The van der Waals surface area contributed by atoms with Crippen molar-refractivity contribution < 1.29 is 17.9 Å². The van der Waals surface area contributed by atoms with Crippen LogP contribution in [0.25, 0.3) is 0 Å². The zero-order valence-corrected chi connectivity index (χ0v) is 15.1. The largest absolute Gasteiger partial charge is 0.465 e. The van der Waals surface area contributed by atoms with E-state index in [-0.39, 0.29) is 27.9 Å². The van der Waals surface area contributed by atoms with Gasteiger partial charge in [-0.3, -0.25) is 0 Å². The van der Waals surface area contributed by atoms with E-state index >= 15 is 0 Å². The van der Waals surface area contributed by atoms with Gasteiger partial charge in [-0.1, -0.05) is 11.6 Å². The highest BCUT2D eigenvalue weighted by Crippen LogP contribution is 2.21. The average Bonchev–Trinajstić information content (AvgIpc) is 2.99. The number of esters is 1. The highest BCUT2D eigenvalue weighted by atomic mass is 35.5. The smallest absolute Gasteiger partial charge is 0.339 e. The zero-order chi connectivity index (χ0) is 16.2. The minimum atomic E-state index is -3.78. The second kappa shape index (κ2) is 8.84. The third-order valence-electron chi connectivity index (χ3n) is 3.64. The molecule has 1 aromatic carbocycles. The Morgan fingerprint density at radius 1 is 1.48 bits per heavy atom. The summed E-state index contributed by atoms with van der Waals surface area (Å²) in [6, 6.07) is 4.04. The first-order valence-corrected chi connectivity index (χ1v) is 8.88. The number of hydrogen-bond donors (Lipinski definition) is 2. The monoisotopic (exact) mass is 382 g/mol. The van der Waals surface area contributed by atoms with Crippen LogP contribution in [0.15, 0.2) is 23.1 Å². The van der Waals surface area contributed by atoms with Gasteiger partial charge in [-0.15, -0.1) is 12.4 Å². The summed E-state index contributed by atoms with van der Waals surface area (Å²) in [6.07, 6.45) is 1.81. The molecular formula is C14H20Cl2N2O4S. The van der Waals surface area contributed by atoms with E-state index in [1.165, 1.54) is 25.3 Å². The summed E-state index contributed by atoms with van der Waals surface area (Å²) in [4.78, 5) is 11.6. The van der Waals surface area contributed by atoms with E-state index in [1.807, 2.05) is 0 Å². The first-order valence-electron chi connectivity index (χ1n) is 7.02. The number of benzene rings is 1. The number of methoxy groups -OCH3 is 1. The molecule has 1 heterocycles. The van der Waals surface area contributed by atoms with Crippen molar-refractivity contribution in [3.05, 3.63) is 28.8 Å². The Labute approximate surface area is 147 Å². The summed E-state index contributed by atoms with van der Waals surface area (Å²) in [5.74, 6) is -0.254. The van der Waals surface area contributed by atoms with Crippen LogP contribution < -0.4 is 10.0 Å². The molecule has 1 fully saturated rings. The van der Waals surface area contributed by atoms with Gasteiger partial charge < -0.3 is 10.1 Å². The van der Waals surface area contributed by atoms with Crippen molar-refractivity contribution in [2.24, 2.45) is 5.92 Å². The predicted molar refractivity (Wildman–Crippen MR) is 90.8 cm³/mol. The van der Waals surface area contributed by atoms with Crippen LogP contribution in [-0.2, 0) is 14.8 Å². The van der Waals surface area contributed by atoms with E-state index in [4.69, 9.17) is 11.6 Å². The lowest BCUT2D eigenvalue weighted by molar-refractivity contribution is 0.0596. The lowest BCUT2D eigenvalue weighted by Crippen LogP contribution is -2.28. The van der Waals surface area contributed by atoms with Crippen LogP contribution in [0.5, 0.6) is 0 Å². The number of nitrogens with one attached hydrogen (secondary N) is 2. The summed E-state index contributed by atoms with van der Waals surface area (Å²) in [5, 5.41) is 3.51. The van der Waals surface area contributed by atoms with Gasteiger partial charge in [0, 0.05) is 11.6 Å². The van der Waals surface area contributed by atoms with Crippen molar-refractivity contribution in [3.8, 4) is 0 Å². The van der Waals surface area contributed by atoms with Gasteiger partial charge in [0.15, 0.2) is 0 Å². The summed E-state index contributed by atoms with van der Waals surface area (Å²) in [5.41, 5.74) is -0.0648. The van der Waals surface area contributed by atoms with Gasteiger partial charge in [0.05, 0.1) is 17.6 Å². The molecule has 1 aliphatic heterocycles. The Kier molecular flexibility index (Phi) is 7.76. The van der Waals surface area contributed by atoms with E-state index in [0.29, 0.717) is 12.5 Å². The second-order valence-electron chi connectivity index (χ2n) is 5.18. The minimum Gasteiger partial charge on any atom is -0.465 e. The summed E-state index contributed by atoms with van der Waals surface area (Å²) in [7, 11) is -2.59. The van der Waals surface area contributed by atoms with Crippen molar-refractivity contribution in [3.63, 3.8) is 0 Å². The Morgan fingerprint density at radius 3 is 2.83 bits per heavy atom. The molecule has 0 aromatic heterocycles. The summed E-state index contributed by atoms with van der Waals surface area (Å²) in [6.45, 7) is 2.22. The van der Waals surface area contributed by atoms with Crippen LogP contribution in [0, 0.1) is 5.92 Å². The van der Waals surface area contributed by atoms with E-state index in [2.05, 4.69) is 14.8 Å². The summed E-state index contributed by atoms with van der Waals surface area (Å²) < 4.78 is 31.9. The van der Waals surface area contributed by atoms with Crippen LogP contribution in [0.1, 0.15) is 23.2 Å². The molecule has 0 radical (unpaired) electrons. The van der Waals surface area contributed by atoms with Crippen LogP contribution in [0.3, 0.4) is 0 Å². The fraction of sp³-hybridized carbons (Fsp3) is 0.500. The van der Waals surface area contributed by atoms with Crippen LogP contribution in [-0.4, -0.2) is 41.1 Å². The maximum Gasteiger partial charge on any atom is 0.339 e. The maximum atomic E-state index is 12.4. The van der Waals surface area contributed by atoms with Crippen molar-refractivity contribution >= 4 is 40.0 Å². The molecular weight excluding hydrogens is 363 g/mol. The SMILES string of the molecule is COC(=O)c1cc(Cl)ccc1S(=O)(=O)NCCC1CCNC1.Cl. The molecule has 130 valence electrons. The lowest BCUT2D eigenvalue weighted by Gasteiger charge is -2.12. The molecule has 1 saturated heterocycles. The zero-order valence-electron chi connectivity index (χ0n) is 12.7. The van der Waals surface area contributed by atoms with Crippen molar-refractivity contribution in [2.45, 2.75) is 17.7 Å². The van der Waals surface area contributed by atoms with Gasteiger partial charge in [-0.05, 0) is 50.0 Å². The molecule has 0 spiro atoms. The molecule has 2 rings (SSSR count). The predicted octanol–water partition coefficient (Wildman–Crippen LogP) is 1.83. The summed E-state index contributed by atoms with van der Waals surface area (Å²) >= 11 is 5.83. The first kappa shape index (κ1) is 20.2. The fourth-order valence-electron chi connectivity index (χ4n) is 2.44. The Hall–Kier alpha value is -0.860. The number of carbonyl (C=O) groups is 1. The van der Waals surface area contributed by atoms with Gasteiger partial charge >= 0.3 is 5.97 Å². The van der Waals surface area contributed by atoms with Crippen LogP contribution in [0.4, 0.5) is 0 Å². The van der Waals surface area contributed by atoms with Crippen molar-refractivity contribution in [1.29, 1.82) is 0 Å². The van der Waals surface area contributed by atoms with Gasteiger partial charge in [0.2, 0.25) is 10.0 Å². The first-order chi connectivity index (χ1) is 10.4. The Morgan fingerprint density at radius 2 is 2.22 bits per heavy atom. The molecule has 6 nitrogen and oxygen atoms in total. The third-order valence-corrected chi connectivity index (χ3v) is 5.40. The van der Waals surface area contributed by atoms with Crippen molar-refractivity contribution in [1.82, 2.24) is 10.0 Å².